The molecule has 1 aliphatic rings. The molecule has 6 heteroatoms. The topological polar surface area (TPSA) is 63.1 Å². The third kappa shape index (κ3) is 5.02. The summed E-state index contributed by atoms with van der Waals surface area (Å²) in [5, 5.41) is 7.41. The Bertz CT molecular complexity index is 767. The number of aryl methyl sites for hydroxylation is 2. The number of carbonyl (C=O) groups excluding carboxylic acids is 1. The number of nitrogens with zero attached hydrogens (tertiary/aromatic N) is 4. The quantitative estimate of drug-likeness (QED) is 0.839. The van der Waals surface area contributed by atoms with Crippen LogP contribution in [0.2, 0.25) is 0 Å². The van der Waals surface area contributed by atoms with Crippen molar-refractivity contribution in [1.29, 1.82) is 0 Å². The highest BCUT2D eigenvalue weighted by Gasteiger charge is 2.16. The SMILES string of the molecule is Cc1cc(C)cc(-c2ncn(/C=C\C(=O)NCC3CCN(C)CC3)n2)c1. The largest absolute Gasteiger partial charge is 0.352 e. The van der Waals surface area contributed by atoms with Gasteiger partial charge >= 0.3 is 0 Å². The van der Waals surface area contributed by atoms with Crippen molar-refractivity contribution in [2.75, 3.05) is 26.7 Å². The molecule has 26 heavy (non-hydrogen) atoms. The van der Waals surface area contributed by atoms with Crippen molar-refractivity contribution in [1.82, 2.24) is 25.0 Å². The third-order valence-electron chi connectivity index (χ3n) is 4.77. The Morgan fingerprint density at radius 3 is 2.62 bits per heavy atom. The van der Waals surface area contributed by atoms with Crippen LogP contribution >= 0.6 is 0 Å². The summed E-state index contributed by atoms with van der Waals surface area (Å²) >= 11 is 0. The molecule has 1 aromatic heterocycles. The smallest absolute Gasteiger partial charge is 0.245 e. The van der Waals surface area contributed by atoms with Gasteiger partial charge in [0.25, 0.3) is 0 Å². The van der Waals surface area contributed by atoms with Crippen LogP contribution in [0.1, 0.15) is 24.0 Å². The highest BCUT2D eigenvalue weighted by atomic mass is 16.1. The summed E-state index contributed by atoms with van der Waals surface area (Å²) in [7, 11) is 2.14. The summed E-state index contributed by atoms with van der Waals surface area (Å²) in [4.78, 5) is 18.7. The Kier molecular flexibility index (Phi) is 5.83. The fraction of sp³-hybridized carbons (Fsp3) is 0.450. The molecular weight excluding hydrogens is 326 g/mol. The van der Waals surface area contributed by atoms with Gasteiger partial charge in [0.15, 0.2) is 5.82 Å². The predicted molar refractivity (Wildman–Crippen MR) is 103 cm³/mol. The first-order valence-corrected chi connectivity index (χ1v) is 9.14. The van der Waals surface area contributed by atoms with Gasteiger partial charge in [-0.2, -0.15) is 0 Å². The maximum atomic E-state index is 12.0. The first-order chi connectivity index (χ1) is 12.5. The molecule has 1 fully saturated rings. The first kappa shape index (κ1) is 18.3. The molecule has 2 aromatic rings. The molecule has 1 N–H and O–H groups in total. The average molecular weight is 353 g/mol. The molecule has 0 unspecified atom stereocenters. The third-order valence-corrected chi connectivity index (χ3v) is 4.77. The Balaban J connectivity index is 1.54. The number of benzene rings is 1. The zero-order chi connectivity index (χ0) is 18.5. The lowest BCUT2D eigenvalue weighted by Gasteiger charge is -2.28. The zero-order valence-electron chi connectivity index (χ0n) is 15.8. The molecular formula is C20H27N5O. The maximum Gasteiger partial charge on any atom is 0.245 e. The van der Waals surface area contributed by atoms with Gasteiger partial charge in [0.05, 0.1) is 0 Å². The second kappa shape index (κ2) is 8.27. The van der Waals surface area contributed by atoms with E-state index in [-0.39, 0.29) is 5.91 Å². The Morgan fingerprint density at radius 2 is 1.92 bits per heavy atom. The second-order valence-electron chi connectivity index (χ2n) is 7.23. The maximum absolute atomic E-state index is 12.0. The number of nitrogens with one attached hydrogen (secondary N) is 1. The van der Waals surface area contributed by atoms with Crippen molar-refractivity contribution in [3.05, 3.63) is 41.7 Å². The first-order valence-electron chi connectivity index (χ1n) is 9.14. The number of hydrogen-bond acceptors (Lipinski definition) is 4. The zero-order valence-corrected chi connectivity index (χ0v) is 15.8. The summed E-state index contributed by atoms with van der Waals surface area (Å²) in [6, 6.07) is 6.24. The minimum Gasteiger partial charge on any atom is -0.352 e. The van der Waals surface area contributed by atoms with E-state index in [0.29, 0.717) is 11.7 Å². The Labute approximate surface area is 154 Å². The lowest BCUT2D eigenvalue weighted by Crippen LogP contribution is -2.36. The van der Waals surface area contributed by atoms with Crippen LogP contribution in [-0.2, 0) is 4.79 Å². The van der Waals surface area contributed by atoms with Crippen LogP contribution in [0, 0.1) is 19.8 Å². The van der Waals surface area contributed by atoms with Gasteiger partial charge in [0, 0.05) is 24.4 Å². The molecule has 1 saturated heterocycles. The Hall–Kier alpha value is -2.47. The Morgan fingerprint density at radius 1 is 1.23 bits per heavy atom. The van der Waals surface area contributed by atoms with Crippen molar-refractivity contribution >= 4 is 12.1 Å². The van der Waals surface area contributed by atoms with E-state index in [4.69, 9.17) is 0 Å². The summed E-state index contributed by atoms with van der Waals surface area (Å²) in [6.07, 6.45) is 7.05. The van der Waals surface area contributed by atoms with E-state index in [0.717, 1.165) is 38.0 Å². The van der Waals surface area contributed by atoms with Crippen molar-refractivity contribution < 1.29 is 4.79 Å². The molecule has 138 valence electrons. The van der Waals surface area contributed by atoms with Gasteiger partial charge < -0.3 is 10.2 Å². The van der Waals surface area contributed by atoms with Gasteiger partial charge in [-0.05, 0) is 64.9 Å². The monoisotopic (exact) mass is 353 g/mol. The molecule has 0 saturated carbocycles. The van der Waals surface area contributed by atoms with Gasteiger partial charge in [-0.3, -0.25) is 4.79 Å². The van der Waals surface area contributed by atoms with Gasteiger partial charge in [0.2, 0.25) is 5.91 Å². The minimum atomic E-state index is -0.0904. The molecule has 0 atom stereocenters. The number of likely N-dealkylation sites (tertiary alicyclic amines) is 1. The van der Waals surface area contributed by atoms with Crippen LogP contribution in [0.4, 0.5) is 0 Å². The van der Waals surface area contributed by atoms with E-state index in [1.54, 1.807) is 17.2 Å². The fourth-order valence-corrected chi connectivity index (χ4v) is 3.30. The van der Waals surface area contributed by atoms with Crippen LogP contribution in [0.25, 0.3) is 17.6 Å². The number of amides is 1. The van der Waals surface area contributed by atoms with Crippen LogP contribution in [0.3, 0.4) is 0 Å². The molecule has 2 heterocycles. The highest BCUT2D eigenvalue weighted by Crippen LogP contribution is 2.18. The lowest BCUT2D eigenvalue weighted by molar-refractivity contribution is -0.116. The van der Waals surface area contributed by atoms with E-state index >= 15 is 0 Å². The van der Waals surface area contributed by atoms with E-state index in [1.165, 1.54) is 17.2 Å². The second-order valence-corrected chi connectivity index (χ2v) is 7.23. The summed E-state index contributed by atoms with van der Waals surface area (Å²) in [5.41, 5.74) is 3.35. The molecule has 3 rings (SSSR count). The number of hydrogen-bond donors (Lipinski definition) is 1. The van der Waals surface area contributed by atoms with E-state index in [2.05, 4.69) is 59.4 Å². The molecule has 6 nitrogen and oxygen atoms in total. The molecule has 0 aliphatic carbocycles. The number of aromatic nitrogens is 3. The van der Waals surface area contributed by atoms with Crippen LogP contribution in [-0.4, -0.2) is 52.3 Å². The number of piperidine rings is 1. The van der Waals surface area contributed by atoms with Gasteiger partial charge in [-0.25, -0.2) is 9.67 Å². The molecule has 1 aliphatic heterocycles. The minimum absolute atomic E-state index is 0.0904. The van der Waals surface area contributed by atoms with Crippen molar-refractivity contribution in [2.24, 2.45) is 5.92 Å². The highest BCUT2D eigenvalue weighted by molar-refractivity contribution is 5.90. The van der Waals surface area contributed by atoms with Crippen LogP contribution in [0.15, 0.2) is 30.6 Å². The van der Waals surface area contributed by atoms with Crippen LogP contribution < -0.4 is 5.32 Å². The summed E-state index contributed by atoms with van der Waals surface area (Å²) < 4.78 is 1.57. The molecule has 0 spiro atoms. The normalized spacial score (nSPS) is 16.3. The fourth-order valence-electron chi connectivity index (χ4n) is 3.30. The molecule has 0 bridgehead atoms. The summed E-state index contributed by atoms with van der Waals surface area (Å²) in [6.45, 7) is 7.07. The number of carbonyl (C=O) groups is 1. The molecule has 1 aromatic carbocycles. The number of rotatable bonds is 5. The van der Waals surface area contributed by atoms with Gasteiger partial charge in [0.1, 0.15) is 6.33 Å². The molecule has 0 radical (unpaired) electrons. The van der Waals surface area contributed by atoms with Crippen molar-refractivity contribution in [3.8, 4) is 11.4 Å². The predicted octanol–water partition coefficient (Wildman–Crippen LogP) is 2.49. The van der Waals surface area contributed by atoms with E-state index in [9.17, 15) is 4.79 Å². The van der Waals surface area contributed by atoms with E-state index in [1.807, 2.05) is 0 Å². The van der Waals surface area contributed by atoms with Crippen LogP contribution in [0.5, 0.6) is 0 Å². The average Bonchev–Trinajstić information content (AvgIpc) is 3.08. The van der Waals surface area contributed by atoms with Gasteiger partial charge in [-0.15, -0.1) is 5.10 Å². The standard InChI is InChI=1S/C20H27N5O/c1-15-10-16(2)12-18(11-15)20-22-14-25(23-20)9-6-19(26)21-13-17-4-7-24(3)8-5-17/h6,9-12,14,17H,4-5,7-8,13H2,1-3H3,(H,21,26)/b9-6-. The van der Waals surface area contributed by atoms with Gasteiger partial charge in [-0.1, -0.05) is 17.2 Å². The summed E-state index contributed by atoms with van der Waals surface area (Å²) in [5.74, 6) is 1.15. The van der Waals surface area contributed by atoms with Crippen molar-refractivity contribution in [2.45, 2.75) is 26.7 Å². The van der Waals surface area contributed by atoms with E-state index < -0.39 is 0 Å². The molecule has 1 amide bonds. The lowest BCUT2D eigenvalue weighted by atomic mass is 9.97. The van der Waals surface area contributed by atoms with Crippen molar-refractivity contribution in [3.63, 3.8) is 0 Å².